The highest BCUT2D eigenvalue weighted by Gasteiger charge is 2.14. The second-order valence-corrected chi connectivity index (χ2v) is 5.60. The fourth-order valence-corrected chi connectivity index (χ4v) is 2.68. The van der Waals surface area contributed by atoms with Crippen LogP contribution in [0.2, 0.25) is 0 Å². The lowest BCUT2D eigenvalue weighted by Crippen LogP contribution is -2.25. The lowest BCUT2D eigenvalue weighted by atomic mass is 10.1. The molecular formula is C18H26N2O2. The summed E-state index contributed by atoms with van der Waals surface area (Å²) < 4.78 is 5.60. The number of hydrogen-bond donors (Lipinski definition) is 2. The van der Waals surface area contributed by atoms with Gasteiger partial charge in [-0.1, -0.05) is 18.2 Å². The van der Waals surface area contributed by atoms with Crippen molar-refractivity contribution in [3.8, 4) is 0 Å². The number of carbonyl (C=O) groups excluding carboxylic acids is 1. The molecule has 1 saturated heterocycles. The van der Waals surface area contributed by atoms with Crippen LogP contribution in [-0.4, -0.2) is 31.7 Å². The van der Waals surface area contributed by atoms with Crippen molar-refractivity contribution in [2.45, 2.75) is 38.2 Å². The van der Waals surface area contributed by atoms with Gasteiger partial charge in [0, 0.05) is 25.4 Å². The summed E-state index contributed by atoms with van der Waals surface area (Å²) >= 11 is 0. The van der Waals surface area contributed by atoms with Gasteiger partial charge in [0.25, 0.3) is 5.91 Å². The van der Waals surface area contributed by atoms with Crippen LogP contribution in [0, 0.1) is 0 Å². The second-order valence-electron chi connectivity index (χ2n) is 5.60. The van der Waals surface area contributed by atoms with E-state index in [-0.39, 0.29) is 5.91 Å². The Bertz CT molecular complexity index is 482. The molecule has 0 radical (unpaired) electrons. The summed E-state index contributed by atoms with van der Waals surface area (Å²) in [4.78, 5) is 12.2. The van der Waals surface area contributed by atoms with E-state index in [2.05, 4.69) is 17.2 Å². The van der Waals surface area contributed by atoms with Crippen molar-refractivity contribution < 1.29 is 9.53 Å². The highest BCUT2D eigenvalue weighted by molar-refractivity contribution is 5.99. The number of carbonyl (C=O) groups is 1. The molecule has 4 nitrogen and oxygen atoms in total. The summed E-state index contributed by atoms with van der Waals surface area (Å²) in [5.41, 5.74) is 1.53. The zero-order chi connectivity index (χ0) is 15.6. The van der Waals surface area contributed by atoms with Crippen LogP contribution in [0.4, 0.5) is 5.69 Å². The predicted molar refractivity (Wildman–Crippen MR) is 90.3 cm³/mol. The molecule has 0 saturated carbocycles. The summed E-state index contributed by atoms with van der Waals surface area (Å²) in [5, 5.41) is 6.18. The van der Waals surface area contributed by atoms with Gasteiger partial charge >= 0.3 is 0 Å². The summed E-state index contributed by atoms with van der Waals surface area (Å²) in [6.45, 7) is 5.95. The molecule has 120 valence electrons. The summed E-state index contributed by atoms with van der Waals surface area (Å²) in [6, 6.07) is 7.55. The van der Waals surface area contributed by atoms with Crippen LogP contribution in [-0.2, 0) is 4.74 Å². The van der Waals surface area contributed by atoms with Crippen molar-refractivity contribution in [2.75, 3.05) is 25.0 Å². The van der Waals surface area contributed by atoms with Crippen LogP contribution in [0.15, 0.2) is 36.9 Å². The summed E-state index contributed by atoms with van der Waals surface area (Å²) in [5.74, 6) is -0.0238. The van der Waals surface area contributed by atoms with Crippen LogP contribution in [0.5, 0.6) is 0 Å². The molecule has 0 aromatic heterocycles. The van der Waals surface area contributed by atoms with E-state index in [9.17, 15) is 4.79 Å². The number of rotatable bonds is 9. The van der Waals surface area contributed by atoms with Crippen molar-refractivity contribution in [1.82, 2.24) is 5.32 Å². The third-order valence-corrected chi connectivity index (χ3v) is 3.87. The Hall–Kier alpha value is -1.81. The van der Waals surface area contributed by atoms with E-state index < -0.39 is 0 Å². The zero-order valence-electron chi connectivity index (χ0n) is 13.1. The molecule has 1 aliphatic heterocycles. The average Bonchev–Trinajstić information content (AvgIpc) is 3.06. The number of benzene rings is 1. The van der Waals surface area contributed by atoms with Gasteiger partial charge in [0.15, 0.2) is 0 Å². The fourth-order valence-electron chi connectivity index (χ4n) is 2.68. The minimum atomic E-state index is -0.0238. The Balaban J connectivity index is 1.71. The van der Waals surface area contributed by atoms with E-state index in [1.54, 1.807) is 6.08 Å². The van der Waals surface area contributed by atoms with E-state index in [1.807, 2.05) is 24.3 Å². The first-order valence-corrected chi connectivity index (χ1v) is 8.15. The van der Waals surface area contributed by atoms with E-state index >= 15 is 0 Å². The van der Waals surface area contributed by atoms with Gasteiger partial charge < -0.3 is 15.4 Å². The lowest BCUT2D eigenvalue weighted by Gasteiger charge is -2.12. The van der Waals surface area contributed by atoms with E-state index in [0.29, 0.717) is 24.8 Å². The van der Waals surface area contributed by atoms with E-state index in [0.717, 1.165) is 31.6 Å². The SMILES string of the molecule is C=CCNc1ccccc1C(=O)NCCCCC1CCCO1. The molecule has 2 rings (SSSR count). The van der Waals surface area contributed by atoms with Crippen molar-refractivity contribution in [3.05, 3.63) is 42.5 Å². The molecule has 1 aliphatic rings. The molecule has 2 N–H and O–H groups in total. The number of unbranched alkanes of at least 4 members (excludes halogenated alkanes) is 1. The third kappa shape index (κ3) is 5.19. The Morgan fingerprint density at radius 2 is 2.23 bits per heavy atom. The fraction of sp³-hybridized carbons (Fsp3) is 0.500. The maximum atomic E-state index is 12.2. The quantitative estimate of drug-likeness (QED) is 0.543. The maximum Gasteiger partial charge on any atom is 0.253 e. The number of hydrogen-bond acceptors (Lipinski definition) is 3. The third-order valence-electron chi connectivity index (χ3n) is 3.87. The normalized spacial score (nSPS) is 17.2. The van der Waals surface area contributed by atoms with Crippen LogP contribution >= 0.6 is 0 Å². The first kappa shape index (κ1) is 16.6. The summed E-state index contributed by atoms with van der Waals surface area (Å²) in [7, 11) is 0. The Morgan fingerprint density at radius 1 is 1.36 bits per heavy atom. The predicted octanol–water partition coefficient (Wildman–Crippen LogP) is 3.36. The molecule has 1 atom stereocenters. The Kier molecular flexibility index (Phi) is 6.97. The zero-order valence-corrected chi connectivity index (χ0v) is 13.1. The van der Waals surface area contributed by atoms with Gasteiger partial charge in [-0.05, 0) is 44.2 Å². The molecule has 0 spiro atoms. The van der Waals surface area contributed by atoms with Crippen molar-refractivity contribution in [1.29, 1.82) is 0 Å². The van der Waals surface area contributed by atoms with Gasteiger partial charge in [-0.3, -0.25) is 4.79 Å². The highest BCUT2D eigenvalue weighted by atomic mass is 16.5. The van der Waals surface area contributed by atoms with Crippen molar-refractivity contribution >= 4 is 11.6 Å². The largest absolute Gasteiger partial charge is 0.381 e. The van der Waals surface area contributed by atoms with Crippen molar-refractivity contribution in [2.24, 2.45) is 0 Å². The maximum absolute atomic E-state index is 12.2. The molecule has 1 heterocycles. The van der Waals surface area contributed by atoms with Gasteiger partial charge in [-0.25, -0.2) is 0 Å². The molecular weight excluding hydrogens is 276 g/mol. The molecule has 1 aromatic carbocycles. The minimum Gasteiger partial charge on any atom is -0.381 e. The number of ether oxygens (including phenoxy) is 1. The first-order valence-electron chi connectivity index (χ1n) is 8.15. The topological polar surface area (TPSA) is 50.4 Å². The molecule has 1 unspecified atom stereocenters. The van der Waals surface area contributed by atoms with Crippen LogP contribution < -0.4 is 10.6 Å². The number of para-hydroxylation sites is 1. The highest BCUT2D eigenvalue weighted by Crippen LogP contribution is 2.17. The van der Waals surface area contributed by atoms with E-state index in [4.69, 9.17) is 4.74 Å². The van der Waals surface area contributed by atoms with Crippen molar-refractivity contribution in [3.63, 3.8) is 0 Å². The number of amides is 1. The van der Waals surface area contributed by atoms with E-state index in [1.165, 1.54) is 12.8 Å². The Morgan fingerprint density at radius 3 is 3.00 bits per heavy atom. The van der Waals surface area contributed by atoms with Gasteiger partial charge in [-0.15, -0.1) is 6.58 Å². The molecule has 1 amide bonds. The second kappa shape index (κ2) is 9.26. The van der Waals surface area contributed by atoms with Crippen LogP contribution in [0.1, 0.15) is 42.5 Å². The monoisotopic (exact) mass is 302 g/mol. The molecule has 4 heteroatoms. The average molecular weight is 302 g/mol. The molecule has 0 aliphatic carbocycles. The standard InChI is InChI=1S/C18H26N2O2/c1-2-12-19-17-11-4-3-10-16(17)18(21)20-13-6-5-8-15-9-7-14-22-15/h2-4,10-11,15,19H,1,5-9,12-14H2,(H,20,21). The number of nitrogens with one attached hydrogen (secondary N) is 2. The lowest BCUT2D eigenvalue weighted by molar-refractivity contribution is 0.0948. The van der Waals surface area contributed by atoms with Crippen LogP contribution in [0.25, 0.3) is 0 Å². The van der Waals surface area contributed by atoms with Crippen LogP contribution in [0.3, 0.4) is 0 Å². The van der Waals surface area contributed by atoms with Gasteiger partial charge in [-0.2, -0.15) is 0 Å². The molecule has 0 bridgehead atoms. The molecule has 22 heavy (non-hydrogen) atoms. The van der Waals surface area contributed by atoms with Gasteiger partial charge in [0.05, 0.1) is 11.7 Å². The molecule has 1 aromatic rings. The van der Waals surface area contributed by atoms with Gasteiger partial charge in [0.1, 0.15) is 0 Å². The first-order chi connectivity index (χ1) is 10.8. The number of anilines is 1. The van der Waals surface area contributed by atoms with Gasteiger partial charge in [0.2, 0.25) is 0 Å². The Labute approximate surface area is 132 Å². The minimum absolute atomic E-state index is 0.0238. The smallest absolute Gasteiger partial charge is 0.253 e. The summed E-state index contributed by atoms with van der Waals surface area (Å²) in [6.07, 6.45) is 7.80. The molecule has 1 fully saturated rings.